The van der Waals surface area contributed by atoms with Crippen LogP contribution in [0, 0.1) is 19.7 Å². The van der Waals surface area contributed by atoms with E-state index in [1.807, 2.05) is 19.1 Å². The lowest BCUT2D eigenvalue weighted by Crippen LogP contribution is -1.96. The zero-order valence-electron chi connectivity index (χ0n) is 9.29. The number of aryl methyl sites for hydroxylation is 2. The first-order chi connectivity index (χ1) is 7.59. The van der Waals surface area contributed by atoms with Gasteiger partial charge in [0.1, 0.15) is 5.82 Å². The van der Waals surface area contributed by atoms with E-state index in [0.29, 0.717) is 22.5 Å². The third-order valence-electron chi connectivity index (χ3n) is 2.65. The fourth-order valence-corrected chi connectivity index (χ4v) is 1.54. The van der Waals surface area contributed by atoms with E-state index in [4.69, 9.17) is 5.73 Å². The molecule has 0 saturated heterocycles. The molecule has 1 aromatic carbocycles. The molecule has 0 spiro atoms. The van der Waals surface area contributed by atoms with Crippen molar-refractivity contribution in [2.24, 2.45) is 0 Å². The topological polar surface area (TPSA) is 38.9 Å². The highest BCUT2D eigenvalue weighted by atomic mass is 19.1. The molecule has 2 nitrogen and oxygen atoms in total. The first-order valence-electron chi connectivity index (χ1n) is 5.07. The molecule has 0 aliphatic rings. The minimum Gasteiger partial charge on any atom is -0.397 e. The molecular formula is C13H13FN2. The molecule has 0 unspecified atom stereocenters. The Labute approximate surface area is 93.9 Å². The van der Waals surface area contributed by atoms with Gasteiger partial charge in [-0.15, -0.1) is 0 Å². The number of halogens is 1. The average Bonchev–Trinajstić information content (AvgIpc) is 2.26. The van der Waals surface area contributed by atoms with Crippen LogP contribution in [0.4, 0.5) is 10.1 Å². The number of nitrogens with zero attached hydrogens (tertiary/aromatic N) is 1. The summed E-state index contributed by atoms with van der Waals surface area (Å²) >= 11 is 0. The monoisotopic (exact) mass is 216 g/mol. The van der Waals surface area contributed by atoms with E-state index in [2.05, 4.69) is 4.98 Å². The van der Waals surface area contributed by atoms with Gasteiger partial charge >= 0.3 is 0 Å². The van der Waals surface area contributed by atoms with Gasteiger partial charge in [0.15, 0.2) is 0 Å². The van der Waals surface area contributed by atoms with E-state index in [1.54, 1.807) is 19.2 Å². The molecule has 0 atom stereocenters. The van der Waals surface area contributed by atoms with Gasteiger partial charge in [0.2, 0.25) is 0 Å². The van der Waals surface area contributed by atoms with Crippen LogP contribution in [0.25, 0.3) is 11.3 Å². The van der Waals surface area contributed by atoms with E-state index < -0.39 is 0 Å². The maximum absolute atomic E-state index is 13.4. The minimum atomic E-state index is -0.236. The predicted molar refractivity (Wildman–Crippen MR) is 63.5 cm³/mol. The Morgan fingerprint density at radius 2 is 1.88 bits per heavy atom. The molecule has 0 bridgehead atoms. The molecule has 2 aromatic rings. The van der Waals surface area contributed by atoms with Gasteiger partial charge in [-0.1, -0.05) is 12.1 Å². The number of hydrogen-bond donors (Lipinski definition) is 1. The molecule has 82 valence electrons. The highest BCUT2D eigenvalue weighted by Gasteiger charge is 2.07. The molecule has 0 aliphatic carbocycles. The molecule has 16 heavy (non-hydrogen) atoms. The van der Waals surface area contributed by atoms with Gasteiger partial charge in [-0.05, 0) is 37.1 Å². The molecule has 0 aliphatic heterocycles. The summed E-state index contributed by atoms with van der Waals surface area (Å²) in [7, 11) is 0. The smallest absolute Gasteiger partial charge is 0.126 e. The maximum Gasteiger partial charge on any atom is 0.126 e. The molecule has 2 N–H and O–H groups in total. The normalized spacial score (nSPS) is 10.4. The lowest BCUT2D eigenvalue weighted by Gasteiger charge is -2.07. The molecule has 0 amide bonds. The van der Waals surface area contributed by atoms with Crippen LogP contribution in [0.15, 0.2) is 30.5 Å². The highest BCUT2D eigenvalue weighted by Crippen LogP contribution is 2.26. The number of benzene rings is 1. The van der Waals surface area contributed by atoms with Gasteiger partial charge in [-0.25, -0.2) is 4.39 Å². The number of pyridine rings is 1. The van der Waals surface area contributed by atoms with Gasteiger partial charge in [0.05, 0.1) is 11.4 Å². The van der Waals surface area contributed by atoms with Crippen molar-refractivity contribution in [1.29, 1.82) is 0 Å². The number of rotatable bonds is 1. The van der Waals surface area contributed by atoms with Crippen molar-refractivity contribution >= 4 is 5.69 Å². The summed E-state index contributed by atoms with van der Waals surface area (Å²) in [5, 5.41) is 0. The van der Waals surface area contributed by atoms with E-state index in [0.717, 1.165) is 5.56 Å². The van der Waals surface area contributed by atoms with Crippen LogP contribution in [0.2, 0.25) is 0 Å². The zero-order valence-corrected chi connectivity index (χ0v) is 9.29. The van der Waals surface area contributed by atoms with Crippen LogP contribution in [-0.2, 0) is 0 Å². The Bertz CT molecular complexity index is 535. The third-order valence-corrected chi connectivity index (χ3v) is 2.65. The zero-order chi connectivity index (χ0) is 11.7. The minimum absolute atomic E-state index is 0.236. The van der Waals surface area contributed by atoms with Gasteiger partial charge in [-0.2, -0.15) is 0 Å². The van der Waals surface area contributed by atoms with Crippen molar-refractivity contribution < 1.29 is 4.39 Å². The van der Waals surface area contributed by atoms with E-state index >= 15 is 0 Å². The number of nitrogen functional groups attached to an aromatic ring is 1. The maximum atomic E-state index is 13.4. The van der Waals surface area contributed by atoms with Crippen molar-refractivity contribution in [2.75, 3.05) is 5.73 Å². The van der Waals surface area contributed by atoms with Crippen LogP contribution < -0.4 is 5.73 Å². The Balaban J connectivity index is 2.59. The number of anilines is 1. The average molecular weight is 216 g/mol. The molecular weight excluding hydrogens is 203 g/mol. The summed E-state index contributed by atoms with van der Waals surface area (Å²) in [5.74, 6) is -0.236. The van der Waals surface area contributed by atoms with E-state index in [1.165, 1.54) is 6.07 Å². The van der Waals surface area contributed by atoms with Crippen LogP contribution in [0.1, 0.15) is 11.1 Å². The summed E-state index contributed by atoms with van der Waals surface area (Å²) in [6.07, 6.45) is 1.68. The second-order valence-corrected chi connectivity index (χ2v) is 3.85. The molecule has 0 radical (unpaired) electrons. The summed E-state index contributed by atoms with van der Waals surface area (Å²) in [6, 6.07) is 6.86. The summed E-state index contributed by atoms with van der Waals surface area (Å²) in [6.45, 7) is 3.64. The Kier molecular flexibility index (Phi) is 2.60. The fourth-order valence-electron chi connectivity index (χ4n) is 1.54. The SMILES string of the molecule is Cc1ccc(-c2nccc(C)c2N)cc1F. The van der Waals surface area contributed by atoms with E-state index in [9.17, 15) is 4.39 Å². The highest BCUT2D eigenvalue weighted by molar-refractivity contribution is 5.74. The lowest BCUT2D eigenvalue weighted by atomic mass is 10.1. The summed E-state index contributed by atoms with van der Waals surface area (Å²) in [4.78, 5) is 4.19. The largest absolute Gasteiger partial charge is 0.397 e. The second kappa shape index (κ2) is 3.93. The molecule has 3 heteroatoms. The first kappa shape index (κ1) is 10.6. The lowest BCUT2D eigenvalue weighted by molar-refractivity contribution is 0.619. The van der Waals surface area contributed by atoms with Crippen molar-refractivity contribution in [3.8, 4) is 11.3 Å². The van der Waals surface area contributed by atoms with Crippen molar-refractivity contribution in [3.05, 3.63) is 47.4 Å². The Morgan fingerprint density at radius 3 is 2.56 bits per heavy atom. The van der Waals surface area contributed by atoms with Gasteiger partial charge in [-0.3, -0.25) is 4.98 Å². The standard InChI is InChI=1S/C13H13FN2/c1-8-3-4-10(7-11(8)14)13-12(15)9(2)5-6-16-13/h3-7H,15H2,1-2H3. The van der Waals surface area contributed by atoms with Gasteiger partial charge in [0, 0.05) is 11.8 Å². The van der Waals surface area contributed by atoms with Gasteiger partial charge < -0.3 is 5.73 Å². The van der Waals surface area contributed by atoms with Crippen molar-refractivity contribution in [2.45, 2.75) is 13.8 Å². The molecule has 2 rings (SSSR count). The quantitative estimate of drug-likeness (QED) is 0.795. The van der Waals surface area contributed by atoms with Crippen LogP contribution in [-0.4, -0.2) is 4.98 Å². The first-order valence-corrected chi connectivity index (χ1v) is 5.07. The predicted octanol–water partition coefficient (Wildman–Crippen LogP) is 3.09. The fraction of sp³-hybridized carbons (Fsp3) is 0.154. The molecule has 1 aromatic heterocycles. The van der Waals surface area contributed by atoms with E-state index in [-0.39, 0.29) is 5.82 Å². The van der Waals surface area contributed by atoms with Crippen molar-refractivity contribution in [1.82, 2.24) is 4.98 Å². The molecule has 0 fully saturated rings. The number of hydrogen-bond acceptors (Lipinski definition) is 2. The second-order valence-electron chi connectivity index (χ2n) is 3.85. The van der Waals surface area contributed by atoms with Crippen LogP contribution in [0.3, 0.4) is 0 Å². The van der Waals surface area contributed by atoms with Crippen molar-refractivity contribution in [3.63, 3.8) is 0 Å². The third kappa shape index (κ3) is 1.76. The summed E-state index contributed by atoms with van der Waals surface area (Å²) < 4.78 is 13.4. The Hall–Kier alpha value is -1.90. The Morgan fingerprint density at radius 1 is 1.12 bits per heavy atom. The van der Waals surface area contributed by atoms with Crippen LogP contribution in [0.5, 0.6) is 0 Å². The number of aromatic nitrogens is 1. The molecule has 1 heterocycles. The molecule has 0 saturated carbocycles. The summed E-state index contributed by atoms with van der Waals surface area (Å²) in [5.41, 5.74) is 9.44. The number of nitrogens with two attached hydrogens (primary N) is 1. The van der Waals surface area contributed by atoms with Gasteiger partial charge in [0.25, 0.3) is 0 Å². The van der Waals surface area contributed by atoms with Crippen LogP contribution >= 0.6 is 0 Å².